The summed E-state index contributed by atoms with van der Waals surface area (Å²) in [5, 5.41) is 20.4. The van der Waals surface area contributed by atoms with Gasteiger partial charge >= 0.3 is 11.9 Å². The smallest absolute Gasteiger partial charge is 0.335 e. The molecular formula is C19H23NO7. The molecule has 0 aromatic heterocycles. The van der Waals surface area contributed by atoms with Crippen molar-refractivity contribution in [3.8, 4) is 17.2 Å². The minimum absolute atomic E-state index is 0.0277. The Morgan fingerprint density at radius 2 is 1.33 bits per heavy atom. The summed E-state index contributed by atoms with van der Waals surface area (Å²) in [5.41, 5.74) is 1.25. The average Bonchev–Trinajstić information content (AvgIpc) is 2.66. The highest BCUT2D eigenvalue weighted by Crippen LogP contribution is 2.39. The van der Waals surface area contributed by atoms with Crippen LogP contribution in [0.4, 0.5) is 5.69 Å². The lowest BCUT2D eigenvalue weighted by molar-refractivity contribution is 0.0696. The fourth-order valence-corrected chi connectivity index (χ4v) is 2.32. The van der Waals surface area contributed by atoms with Crippen molar-refractivity contribution in [1.82, 2.24) is 0 Å². The van der Waals surface area contributed by atoms with Gasteiger partial charge in [0.05, 0.1) is 32.5 Å². The van der Waals surface area contributed by atoms with E-state index in [9.17, 15) is 9.59 Å². The Hall–Kier alpha value is -3.42. The number of hydrogen-bond donors (Lipinski definition) is 3. The van der Waals surface area contributed by atoms with Crippen LogP contribution in [0.15, 0.2) is 30.3 Å². The van der Waals surface area contributed by atoms with Gasteiger partial charge in [-0.25, -0.2) is 9.59 Å². The molecule has 0 saturated carbocycles. The molecule has 27 heavy (non-hydrogen) atoms. The molecular weight excluding hydrogens is 354 g/mol. The highest BCUT2D eigenvalue weighted by Gasteiger charge is 2.14. The third kappa shape index (κ3) is 5.27. The van der Waals surface area contributed by atoms with Crippen LogP contribution in [0.2, 0.25) is 0 Å². The maximum absolute atomic E-state index is 10.6. The van der Waals surface area contributed by atoms with Gasteiger partial charge in [0, 0.05) is 24.9 Å². The number of ether oxygens (including phenoxy) is 3. The number of benzene rings is 2. The number of carbonyl (C=O) groups is 2. The maximum atomic E-state index is 10.6. The summed E-state index contributed by atoms with van der Waals surface area (Å²) in [5.74, 6) is -0.317. The van der Waals surface area contributed by atoms with Gasteiger partial charge in [-0.05, 0) is 24.6 Å². The van der Waals surface area contributed by atoms with Crippen LogP contribution >= 0.6 is 0 Å². The number of anilines is 1. The highest BCUT2D eigenvalue weighted by molar-refractivity contribution is 5.96. The first-order valence-corrected chi connectivity index (χ1v) is 7.84. The Labute approximate surface area is 157 Å². The third-order valence-electron chi connectivity index (χ3n) is 3.75. The second-order valence-electron chi connectivity index (χ2n) is 5.25. The predicted molar refractivity (Wildman–Crippen MR) is 101 cm³/mol. The van der Waals surface area contributed by atoms with Gasteiger partial charge in [0.1, 0.15) is 0 Å². The van der Waals surface area contributed by atoms with Crippen molar-refractivity contribution >= 4 is 17.6 Å². The zero-order chi connectivity index (χ0) is 20.6. The lowest BCUT2D eigenvalue weighted by Crippen LogP contribution is -2.06. The summed E-state index contributed by atoms with van der Waals surface area (Å²) >= 11 is 0. The van der Waals surface area contributed by atoms with Gasteiger partial charge < -0.3 is 29.7 Å². The zero-order valence-electron chi connectivity index (χ0n) is 15.8. The average molecular weight is 377 g/mol. The van der Waals surface area contributed by atoms with E-state index in [1.54, 1.807) is 21.3 Å². The lowest BCUT2D eigenvalue weighted by atomic mass is 10.0. The molecule has 0 radical (unpaired) electrons. The molecule has 8 heteroatoms. The Bertz CT molecular complexity index is 760. The fourth-order valence-electron chi connectivity index (χ4n) is 2.32. The minimum atomic E-state index is -1.11. The Morgan fingerprint density at radius 3 is 1.63 bits per heavy atom. The first kappa shape index (κ1) is 21.6. The Morgan fingerprint density at radius 1 is 0.889 bits per heavy atom. The number of nitrogens with one attached hydrogen (secondary N) is 1. The molecule has 0 heterocycles. The van der Waals surface area contributed by atoms with E-state index in [0.717, 1.165) is 5.69 Å². The summed E-state index contributed by atoms with van der Waals surface area (Å²) in [4.78, 5) is 21.2. The highest BCUT2D eigenvalue weighted by atomic mass is 16.5. The molecule has 0 aliphatic rings. The molecule has 0 bridgehead atoms. The van der Waals surface area contributed by atoms with Crippen molar-refractivity contribution in [2.45, 2.75) is 6.92 Å². The predicted octanol–water partition coefficient (Wildman–Crippen LogP) is 3.15. The maximum Gasteiger partial charge on any atom is 0.335 e. The topological polar surface area (TPSA) is 114 Å². The van der Waals surface area contributed by atoms with Crippen molar-refractivity contribution in [2.24, 2.45) is 0 Å². The number of carboxylic acids is 2. The van der Waals surface area contributed by atoms with Crippen LogP contribution in [-0.4, -0.2) is 50.5 Å². The second-order valence-corrected chi connectivity index (χ2v) is 5.25. The minimum Gasteiger partial charge on any atom is -0.493 e. The van der Waals surface area contributed by atoms with E-state index < -0.39 is 11.9 Å². The van der Waals surface area contributed by atoms with Crippen LogP contribution in [0.25, 0.3) is 0 Å². The standard InChI is InChI=1S/C10H15NO3.C9H8O4/c1-11-7-5-8(12-2)10(14-4)9(6-7)13-3;1-5-6(8(10)11)3-2-4-7(5)9(12)13/h5-6,11H,1-4H3;2-4H,1H3,(H,10,11)(H,12,13). The van der Waals surface area contributed by atoms with Crippen molar-refractivity contribution in [1.29, 1.82) is 0 Å². The zero-order valence-corrected chi connectivity index (χ0v) is 15.8. The van der Waals surface area contributed by atoms with Crippen LogP contribution in [0.3, 0.4) is 0 Å². The summed E-state index contributed by atoms with van der Waals surface area (Å²) in [6.45, 7) is 1.48. The van der Waals surface area contributed by atoms with Gasteiger partial charge in [-0.3, -0.25) is 0 Å². The number of methoxy groups -OCH3 is 3. The molecule has 2 rings (SSSR count). The molecule has 146 valence electrons. The summed E-state index contributed by atoms with van der Waals surface area (Å²) in [7, 11) is 6.60. The fraction of sp³-hybridized carbons (Fsp3) is 0.263. The van der Waals surface area contributed by atoms with Crippen LogP contribution in [0.1, 0.15) is 26.3 Å². The van der Waals surface area contributed by atoms with E-state index in [4.69, 9.17) is 24.4 Å². The van der Waals surface area contributed by atoms with Gasteiger partial charge in [0.15, 0.2) is 11.5 Å². The Kier molecular flexibility index (Phi) is 7.93. The third-order valence-corrected chi connectivity index (χ3v) is 3.75. The molecule has 0 spiro atoms. The van der Waals surface area contributed by atoms with Gasteiger partial charge in [0.25, 0.3) is 0 Å². The molecule has 0 aliphatic heterocycles. The molecule has 3 N–H and O–H groups in total. The van der Waals surface area contributed by atoms with Gasteiger partial charge in [-0.1, -0.05) is 6.07 Å². The number of hydrogen-bond acceptors (Lipinski definition) is 6. The molecule has 2 aromatic carbocycles. The number of rotatable bonds is 6. The summed E-state index contributed by atoms with van der Waals surface area (Å²) in [6.07, 6.45) is 0. The first-order valence-electron chi connectivity index (χ1n) is 7.84. The molecule has 0 amide bonds. The van der Waals surface area contributed by atoms with Crippen molar-refractivity contribution in [3.05, 3.63) is 47.0 Å². The van der Waals surface area contributed by atoms with Gasteiger partial charge in [0.2, 0.25) is 5.75 Å². The van der Waals surface area contributed by atoms with Gasteiger partial charge in [-0.15, -0.1) is 0 Å². The molecule has 0 fully saturated rings. The molecule has 2 aromatic rings. The van der Waals surface area contributed by atoms with E-state index in [2.05, 4.69) is 5.32 Å². The quantitative estimate of drug-likeness (QED) is 0.703. The van der Waals surface area contributed by atoms with Crippen molar-refractivity contribution < 1.29 is 34.0 Å². The van der Waals surface area contributed by atoms with Crippen LogP contribution in [0, 0.1) is 6.92 Å². The largest absolute Gasteiger partial charge is 0.493 e. The lowest BCUT2D eigenvalue weighted by Gasteiger charge is -2.13. The molecule has 8 nitrogen and oxygen atoms in total. The number of aromatic carboxylic acids is 2. The molecule has 0 aliphatic carbocycles. The second kappa shape index (κ2) is 9.91. The van der Waals surface area contributed by atoms with Crippen LogP contribution < -0.4 is 19.5 Å². The molecule has 0 atom stereocenters. The van der Waals surface area contributed by atoms with E-state index in [-0.39, 0.29) is 16.7 Å². The summed E-state index contributed by atoms with van der Waals surface area (Å²) in [6, 6.07) is 7.87. The van der Waals surface area contributed by atoms with Crippen molar-refractivity contribution in [3.63, 3.8) is 0 Å². The van der Waals surface area contributed by atoms with E-state index >= 15 is 0 Å². The van der Waals surface area contributed by atoms with Crippen LogP contribution in [0.5, 0.6) is 17.2 Å². The normalized spacial score (nSPS) is 9.52. The number of carboxylic acid groups (broad SMARTS) is 2. The first-order chi connectivity index (χ1) is 12.8. The van der Waals surface area contributed by atoms with E-state index in [0.29, 0.717) is 17.2 Å². The molecule has 0 unspecified atom stereocenters. The van der Waals surface area contributed by atoms with Crippen molar-refractivity contribution in [2.75, 3.05) is 33.7 Å². The summed E-state index contributed by atoms with van der Waals surface area (Å²) < 4.78 is 15.5. The molecule has 0 saturated heterocycles. The van der Waals surface area contributed by atoms with Crippen LogP contribution in [-0.2, 0) is 0 Å². The SMILES string of the molecule is CNc1cc(OC)c(OC)c(OC)c1.Cc1c(C(=O)O)cccc1C(=O)O. The monoisotopic (exact) mass is 377 g/mol. The van der Waals surface area contributed by atoms with E-state index in [1.807, 2.05) is 19.2 Å². The van der Waals surface area contributed by atoms with Gasteiger partial charge in [-0.2, -0.15) is 0 Å². The Balaban J connectivity index is 0.000000271. The van der Waals surface area contributed by atoms with E-state index in [1.165, 1.54) is 25.1 Å².